The first kappa shape index (κ1) is 75.2. The molecule has 9 nitrogen and oxygen atoms in total. The number of carbonyl (C=O) groups excluding carboxylic acids is 2. The zero-order valence-corrected chi connectivity index (χ0v) is 52.8. The number of rotatable bonds is 61. The Kier molecular flexibility index (Phi) is 56.1. The van der Waals surface area contributed by atoms with Crippen molar-refractivity contribution >= 4 is 19.7 Å². The third kappa shape index (κ3) is 58.7. The van der Waals surface area contributed by atoms with E-state index in [2.05, 4.69) is 50.4 Å². The molecule has 0 spiro atoms. The van der Waals surface area contributed by atoms with E-state index >= 15 is 0 Å². The predicted octanol–water partition coefficient (Wildman–Crippen LogP) is 20.0. The topological polar surface area (TPSA) is 114 Å². The fraction of sp³-hybridized carbons (Fsp3) is 0.881. The maximum atomic E-state index is 13.6. The van der Waals surface area contributed by atoms with E-state index in [0.29, 0.717) is 17.4 Å². The first-order valence-electron chi connectivity index (χ1n) is 33.3. The molecule has 0 radical (unpaired) electrons. The van der Waals surface area contributed by atoms with Crippen LogP contribution in [-0.4, -0.2) is 69.4 Å². The summed E-state index contributed by atoms with van der Waals surface area (Å²) in [6.45, 7) is 6.87. The van der Waals surface area contributed by atoms with Gasteiger partial charge >= 0.3 is 5.97 Å². The molecule has 0 aromatic rings. The summed E-state index contributed by atoms with van der Waals surface area (Å²) >= 11 is 0. The summed E-state index contributed by atoms with van der Waals surface area (Å²) in [6.07, 6.45) is 69.6. The van der Waals surface area contributed by atoms with Crippen LogP contribution >= 0.6 is 7.82 Å². The van der Waals surface area contributed by atoms with Crippen molar-refractivity contribution in [2.75, 3.05) is 40.9 Å². The van der Waals surface area contributed by atoms with Crippen LogP contribution in [0, 0.1) is 0 Å². The number of phosphoric ester groups is 1. The minimum Gasteiger partial charge on any atom is -0.756 e. The fourth-order valence-corrected chi connectivity index (χ4v) is 10.6. The molecular formula is C67H129N2O7P. The van der Waals surface area contributed by atoms with Crippen LogP contribution in [0.4, 0.5) is 0 Å². The Bertz CT molecular complexity index is 1410. The van der Waals surface area contributed by atoms with Crippen molar-refractivity contribution in [1.82, 2.24) is 5.32 Å². The van der Waals surface area contributed by atoms with E-state index in [1.54, 1.807) is 0 Å². The molecule has 0 aliphatic heterocycles. The summed E-state index contributed by atoms with van der Waals surface area (Å²) in [7, 11) is 1.20. The van der Waals surface area contributed by atoms with Gasteiger partial charge in [-0.05, 0) is 63.9 Å². The lowest BCUT2D eigenvalue weighted by Crippen LogP contribution is -2.47. The lowest BCUT2D eigenvalue weighted by atomic mass is 10.0. The first-order valence-corrected chi connectivity index (χ1v) is 34.8. The predicted molar refractivity (Wildman–Crippen MR) is 330 cm³/mol. The Labute approximate surface area is 478 Å². The molecule has 0 saturated carbocycles. The minimum absolute atomic E-state index is 0.0200. The van der Waals surface area contributed by atoms with Crippen LogP contribution in [0.25, 0.3) is 0 Å². The quantitative estimate of drug-likeness (QED) is 0.0212. The Morgan fingerprint density at radius 3 is 1.19 bits per heavy atom. The van der Waals surface area contributed by atoms with Gasteiger partial charge in [0.1, 0.15) is 19.3 Å². The van der Waals surface area contributed by atoms with Crippen molar-refractivity contribution in [2.24, 2.45) is 0 Å². The Hall–Kier alpha value is -1.77. The second-order valence-electron chi connectivity index (χ2n) is 24.0. The summed E-state index contributed by atoms with van der Waals surface area (Å²) in [5, 5.41) is 3.04. The second kappa shape index (κ2) is 57.5. The van der Waals surface area contributed by atoms with Gasteiger partial charge in [-0.2, -0.15) is 0 Å². The molecule has 77 heavy (non-hydrogen) atoms. The number of nitrogens with one attached hydrogen (secondary N) is 1. The highest BCUT2D eigenvalue weighted by atomic mass is 31.2. The molecule has 0 aliphatic rings. The summed E-state index contributed by atoms with van der Waals surface area (Å²) in [6, 6.07) is -0.886. The van der Waals surface area contributed by atoms with Gasteiger partial charge in [0, 0.05) is 12.8 Å². The number of hydrogen-bond donors (Lipinski definition) is 1. The molecule has 10 heteroatoms. The second-order valence-corrected chi connectivity index (χ2v) is 25.4. The van der Waals surface area contributed by atoms with Gasteiger partial charge in [0.25, 0.3) is 7.82 Å². The Morgan fingerprint density at radius 1 is 0.455 bits per heavy atom. The van der Waals surface area contributed by atoms with Crippen molar-refractivity contribution in [1.29, 1.82) is 0 Å². The fourth-order valence-electron chi connectivity index (χ4n) is 9.91. The van der Waals surface area contributed by atoms with Gasteiger partial charge in [0.05, 0.1) is 33.8 Å². The molecular weight excluding hydrogens is 976 g/mol. The molecule has 1 N–H and O–H groups in total. The average Bonchev–Trinajstić information content (AvgIpc) is 3.39. The molecule has 0 bridgehead atoms. The third-order valence-electron chi connectivity index (χ3n) is 15.1. The van der Waals surface area contributed by atoms with E-state index in [1.165, 1.54) is 231 Å². The van der Waals surface area contributed by atoms with E-state index in [-0.39, 0.29) is 31.5 Å². The molecule has 0 aromatic heterocycles. The van der Waals surface area contributed by atoms with E-state index in [0.717, 1.165) is 64.2 Å². The molecule has 0 aliphatic carbocycles. The first-order chi connectivity index (χ1) is 37.4. The smallest absolute Gasteiger partial charge is 0.306 e. The van der Waals surface area contributed by atoms with Crippen LogP contribution < -0.4 is 10.2 Å². The number of ether oxygens (including phenoxy) is 1. The summed E-state index contributed by atoms with van der Waals surface area (Å²) in [4.78, 5) is 40.1. The molecule has 454 valence electrons. The number of allylic oxidation sites excluding steroid dienone is 5. The van der Waals surface area contributed by atoms with Gasteiger partial charge in [-0.1, -0.05) is 289 Å². The average molecular weight is 1110 g/mol. The van der Waals surface area contributed by atoms with E-state index in [1.807, 2.05) is 33.3 Å². The van der Waals surface area contributed by atoms with Crippen LogP contribution in [0.3, 0.4) is 0 Å². The van der Waals surface area contributed by atoms with Gasteiger partial charge in [-0.25, -0.2) is 0 Å². The van der Waals surface area contributed by atoms with E-state index in [4.69, 9.17) is 13.8 Å². The molecule has 3 atom stereocenters. The van der Waals surface area contributed by atoms with Crippen LogP contribution in [0.5, 0.6) is 0 Å². The van der Waals surface area contributed by atoms with Crippen molar-refractivity contribution in [2.45, 2.75) is 341 Å². The lowest BCUT2D eigenvalue weighted by Gasteiger charge is -2.30. The zero-order valence-electron chi connectivity index (χ0n) is 51.9. The van der Waals surface area contributed by atoms with E-state index < -0.39 is 20.0 Å². The molecule has 1 amide bonds. The number of unbranched alkanes of at least 4 members (excludes halogenated alkanes) is 41. The van der Waals surface area contributed by atoms with Crippen molar-refractivity contribution in [3.05, 3.63) is 36.5 Å². The van der Waals surface area contributed by atoms with Gasteiger partial charge in [-0.3, -0.25) is 14.2 Å². The maximum Gasteiger partial charge on any atom is 0.306 e. The molecule has 0 heterocycles. The van der Waals surface area contributed by atoms with Crippen LogP contribution in [-0.2, 0) is 27.9 Å². The number of phosphoric acid groups is 1. The van der Waals surface area contributed by atoms with Gasteiger partial charge in [-0.15, -0.1) is 0 Å². The number of hydrogen-bond acceptors (Lipinski definition) is 7. The molecule has 0 rings (SSSR count). The largest absolute Gasteiger partial charge is 0.756 e. The monoisotopic (exact) mass is 1100 g/mol. The number of quaternary nitrogens is 1. The maximum absolute atomic E-state index is 13.6. The highest BCUT2D eigenvalue weighted by molar-refractivity contribution is 7.45. The SMILES string of the molecule is CCCCC/C=C\C/C=C\CCCCCCCCCCCCCC(=O)NC(COP(=O)([O-])OCC[N+](C)(C)C)C(/C=C/CCCCCCCCCCCCC)OC(=O)CCCCCCCCCCCCCCCCCCC. The van der Waals surface area contributed by atoms with Gasteiger partial charge in [0.15, 0.2) is 0 Å². The Morgan fingerprint density at radius 2 is 0.792 bits per heavy atom. The van der Waals surface area contributed by atoms with Crippen LogP contribution in [0.1, 0.15) is 329 Å². The number of likely N-dealkylation sites (N-methyl/N-ethyl adjacent to an activating group) is 1. The number of amides is 1. The highest BCUT2D eigenvalue weighted by Crippen LogP contribution is 2.38. The number of nitrogens with zero attached hydrogens (tertiary/aromatic N) is 1. The van der Waals surface area contributed by atoms with Crippen molar-refractivity contribution in [3.8, 4) is 0 Å². The molecule has 0 fully saturated rings. The van der Waals surface area contributed by atoms with Gasteiger partial charge in [0.2, 0.25) is 5.91 Å². The lowest BCUT2D eigenvalue weighted by molar-refractivity contribution is -0.870. The summed E-state index contributed by atoms with van der Waals surface area (Å²) in [5.74, 6) is -0.526. The summed E-state index contributed by atoms with van der Waals surface area (Å²) in [5.41, 5.74) is 0. The van der Waals surface area contributed by atoms with Gasteiger partial charge < -0.3 is 28.5 Å². The minimum atomic E-state index is -4.70. The number of esters is 1. The molecule has 0 aromatic carbocycles. The molecule has 3 unspecified atom stereocenters. The summed E-state index contributed by atoms with van der Waals surface area (Å²) < 4.78 is 30.4. The zero-order chi connectivity index (χ0) is 56.4. The van der Waals surface area contributed by atoms with Crippen molar-refractivity contribution in [3.63, 3.8) is 0 Å². The highest BCUT2D eigenvalue weighted by Gasteiger charge is 2.27. The third-order valence-corrected chi connectivity index (χ3v) is 16.0. The standard InChI is InChI=1S/C67H129N2O7P/c1-7-10-13-16-19-22-25-28-30-32-33-34-35-37-38-41-44-47-50-53-56-59-66(70)68-64(63-75-77(72,73)74-62-61-69(4,5)6)65(58-55-52-49-46-43-40-27-24-21-18-15-12-9-3)76-67(71)60-57-54-51-48-45-42-39-36-31-29-26-23-20-17-14-11-8-2/h19,22,28,30,55,58,64-65H,7-18,20-21,23-27,29,31-54,56-57,59-63H2,1-6H3,(H-,68,70,72,73)/b22-19-,30-28-,58-55+. The normalized spacial score (nSPS) is 13.8. The molecule has 0 saturated heterocycles. The number of carbonyl (C=O) groups is 2. The van der Waals surface area contributed by atoms with Crippen molar-refractivity contribution < 1.29 is 37.3 Å². The van der Waals surface area contributed by atoms with Crippen LogP contribution in [0.15, 0.2) is 36.5 Å². The Balaban J connectivity index is 5.18. The van der Waals surface area contributed by atoms with E-state index in [9.17, 15) is 19.0 Å². The van der Waals surface area contributed by atoms with Crippen LogP contribution in [0.2, 0.25) is 0 Å².